The summed E-state index contributed by atoms with van der Waals surface area (Å²) in [6.07, 6.45) is 0. The third kappa shape index (κ3) is 3.29. The predicted molar refractivity (Wildman–Crippen MR) is 78.3 cm³/mol. The van der Waals surface area contributed by atoms with E-state index in [-0.39, 0.29) is 5.56 Å². The summed E-state index contributed by atoms with van der Waals surface area (Å²) in [5.74, 6) is -0.951. The average Bonchev–Trinajstić information content (AvgIpc) is 2.42. The van der Waals surface area contributed by atoms with E-state index >= 15 is 0 Å². The molecular formula is C15H13Cl2F2N. The lowest BCUT2D eigenvalue weighted by atomic mass is 9.98. The maximum absolute atomic E-state index is 13.9. The molecule has 0 saturated heterocycles. The number of halogens is 4. The molecule has 0 bridgehead atoms. The molecule has 0 aliphatic rings. The lowest BCUT2D eigenvalue weighted by Gasteiger charge is -2.20. The summed E-state index contributed by atoms with van der Waals surface area (Å²) >= 11 is 11.9. The van der Waals surface area contributed by atoms with E-state index in [1.54, 1.807) is 18.2 Å². The maximum Gasteiger partial charge on any atom is 0.128 e. The highest BCUT2D eigenvalue weighted by Gasteiger charge is 2.18. The van der Waals surface area contributed by atoms with Crippen LogP contribution in [0.3, 0.4) is 0 Å². The van der Waals surface area contributed by atoms with Crippen molar-refractivity contribution < 1.29 is 8.78 Å². The molecule has 1 nitrogen and oxygen atoms in total. The molecule has 2 aromatic carbocycles. The smallest absolute Gasteiger partial charge is 0.128 e. The Kier molecular flexibility index (Phi) is 4.97. The van der Waals surface area contributed by atoms with Crippen molar-refractivity contribution in [3.05, 3.63) is 69.2 Å². The molecule has 0 radical (unpaired) electrons. The molecular weight excluding hydrogens is 303 g/mol. The first-order valence-electron chi connectivity index (χ1n) is 6.16. The molecule has 0 heterocycles. The summed E-state index contributed by atoms with van der Waals surface area (Å²) in [7, 11) is 0. The Morgan fingerprint density at radius 3 is 2.45 bits per heavy atom. The largest absolute Gasteiger partial charge is 0.306 e. The average molecular weight is 316 g/mol. The zero-order valence-corrected chi connectivity index (χ0v) is 12.3. The number of nitrogens with one attached hydrogen (secondary N) is 1. The molecule has 20 heavy (non-hydrogen) atoms. The third-order valence-electron chi connectivity index (χ3n) is 2.95. The molecule has 1 N–H and O–H groups in total. The summed E-state index contributed by atoms with van der Waals surface area (Å²) in [5, 5.41) is 3.92. The Balaban J connectivity index is 2.49. The van der Waals surface area contributed by atoms with Gasteiger partial charge < -0.3 is 5.32 Å². The van der Waals surface area contributed by atoms with Crippen LogP contribution in [0.1, 0.15) is 24.1 Å². The van der Waals surface area contributed by atoms with Crippen LogP contribution in [0, 0.1) is 11.6 Å². The molecule has 106 valence electrons. The molecule has 1 unspecified atom stereocenters. The zero-order chi connectivity index (χ0) is 14.7. The van der Waals surface area contributed by atoms with E-state index in [9.17, 15) is 8.78 Å². The molecule has 0 spiro atoms. The van der Waals surface area contributed by atoms with Crippen LogP contribution in [-0.4, -0.2) is 6.54 Å². The van der Waals surface area contributed by atoms with Gasteiger partial charge in [0.05, 0.1) is 16.1 Å². The van der Waals surface area contributed by atoms with Gasteiger partial charge in [-0.2, -0.15) is 0 Å². The highest BCUT2D eigenvalue weighted by Crippen LogP contribution is 2.30. The lowest BCUT2D eigenvalue weighted by Crippen LogP contribution is -2.23. The van der Waals surface area contributed by atoms with E-state index in [0.717, 1.165) is 17.7 Å². The Hall–Kier alpha value is -1.16. The van der Waals surface area contributed by atoms with Gasteiger partial charge in [-0.15, -0.1) is 0 Å². The summed E-state index contributed by atoms with van der Waals surface area (Å²) in [6.45, 7) is 2.49. The quantitative estimate of drug-likeness (QED) is 0.840. The molecule has 0 saturated carbocycles. The molecule has 2 rings (SSSR count). The fourth-order valence-electron chi connectivity index (χ4n) is 2.04. The first kappa shape index (κ1) is 15.2. The van der Waals surface area contributed by atoms with Gasteiger partial charge in [-0.05, 0) is 42.4 Å². The van der Waals surface area contributed by atoms with Crippen LogP contribution in [0.5, 0.6) is 0 Å². The van der Waals surface area contributed by atoms with E-state index < -0.39 is 17.7 Å². The molecule has 0 aliphatic carbocycles. The van der Waals surface area contributed by atoms with Crippen molar-refractivity contribution in [2.24, 2.45) is 0 Å². The van der Waals surface area contributed by atoms with E-state index in [1.807, 2.05) is 6.92 Å². The van der Waals surface area contributed by atoms with Crippen molar-refractivity contribution in [3.8, 4) is 0 Å². The lowest BCUT2D eigenvalue weighted by molar-refractivity contribution is 0.545. The Morgan fingerprint density at radius 2 is 1.80 bits per heavy atom. The van der Waals surface area contributed by atoms with E-state index in [1.165, 1.54) is 6.07 Å². The fraction of sp³-hybridized carbons (Fsp3) is 0.200. The second kappa shape index (κ2) is 6.53. The normalized spacial score (nSPS) is 12.4. The Morgan fingerprint density at radius 1 is 1.05 bits per heavy atom. The highest BCUT2D eigenvalue weighted by atomic mass is 35.5. The van der Waals surface area contributed by atoms with Gasteiger partial charge in [0.2, 0.25) is 0 Å². The molecule has 0 amide bonds. The minimum Gasteiger partial charge on any atom is -0.306 e. The van der Waals surface area contributed by atoms with Gasteiger partial charge in [0, 0.05) is 5.56 Å². The minimum atomic E-state index is -0.482. The van der Waals surface area contributed by atoms with Gasteiger partial charge >= 0.3 is 0 Å². The van der Waals surface area contributed by atoms with Crippen LogP contribution in [0.4, 0.5) is 8.78 Å². The zero-order valence-electron chi connectivity index (χ0n) is 10.8. The highest BCUT2D eigenvalue weighted by molar-refractivity contribution is 6.42. The van der Waals surface area contributed by atoms with Crippen molar-refractivity contribution in [2.75, 3.05) is 6.54 Å². The van der Waals surface area contributed by atoms with Crippen LogP contribution in [0.25, 0.3) is 0 Å². The topological polar surface area (TPSA) is 12.0 Å². The van der Waals surface area contributed by atoms with Crippen LogP contribution < -0.4 is 5.32 Å². The van der Waals surface area contributed by atoms with Crippen molar-refractivity contribution in [1.82, 2.24) is 5.32 Å². The van der Waals surface area contributed by atoms with Crippen molar-refractivity contribution in [2.45, 2.75) is 13.0 Å². The molecule has 5 heteroatoms. The van der Waals surface area contributed by atoms with Crippen molar-refractivity contribution >= 4 is 23.2 Å². The van der Waals surface area contributed by atoms with E-state index in [4.69, 9.17) is 23.2 Å². The van der Waals surface area contributed by atoms with Crippen LogP contribution >= 0.6 is 23.2 Å². The SMILES string of the molecule is CCNC(c1ccc(Cl)c(Cl)c1)c1cc(F)ccc1F. The number of rotatable bonds is 4. The Bertz CT molecular complexity index is 617. The molecule has 0 fully saturated rings. The summed E-state index contributed by atoms with van der Waals surface area (Å²) < 4.78 is 27.3. The fourth-order valence-corrected chi connectivity index (χ4v) is 2.35. The van der Waals surface area contributed by atoms with Gasteiger partial charge in [-0.3, -0.25) is 0 Å². The minimum absolute atomic E-state index is 0.241. The van der Waals surface area contributed by atoms with Crippen LogP contribution in [0.15, 0.2) is 36.4 Å². The van der Waals surface area contributed by atoms with Gasteiger partial charge in [0.1, 0.15) is 11.6 Å². The molecule has 0 aliphatic heterocycles. The second-order valence-corrected chi connectivity index (χ2v) is 5.14. The van der Waals surface area contributed by atoms with E-state index in [2.05, 4.69) is 5.32 Å². The van der Waals surface area contributed by atoms with Gasteiger partial charge in [-0.25, -0.2) is 8.78 Å². The predicted octanol–water partition coefficient (Wildman–Crippen LogP) is 4.97. The Labute approximate surface area is 126 Å². The van der Waals surface area contributed by atoms with E-state index in [0.29, 0.717) is 16.6 Å². The summed E-state index contributed by atoms with van der Waals surface area (Å²) in [4.78, 5) is 0. The third-order valence-corrected chi connectivity index (χ3v) is 3.69. The van der Waals surface area contributed by atoms with Gasteiger partial charge in [0.15, 0.2) is 0 Å². The van der Waals surface area contributed by atoms with Crippen LogP contribution in [0.2, 0.25) is 10.0 Å². The first-order valence-corrected chi connectivity index (χ1v) is 6.91. The summed E-state index contributed by atoms with van der Waals surface area (Å²) in [5.41, 5.74) is 0.969. The molecule has 2 aromatic rings. The number of hydrogen-bond donors (Lipinski definition) is 1. The first-order chi connectivity index (χ1) is 9.52. The van der Waals surface area contributed by atoms with Crippen LogP contribution in [-0.2, 0) is 0 Å². The number of benzene rings is 2. The van der Waals surface area contributed by atoms with Crippen molar-refractivity contribution in [3.63, 3.8) is 0 Å². The van der Waals surface area contributed by atoms with Gasteiger partial charge in [0.25, 0.3) is 0 Å². The molecule has 1 atom stereocenters. The molecule has 0 aromatic heterocycles. The number of hydrogen-bond acceptors (Lipinski definition) is 1. The summed E-state index contributed by atoms with van der Waals surface area (Å²) in [6, 6.07) is 7.95. The standard InChI is InChI=1S/C15H13Cl2F2N/c1-2-20-15(9-3-5-12(16)13(17)7-9)11-8-10(18)4-6-14(11)19/h3-8,15,20H,2H2,1H3. The van der Waals surface area contributed by atoms with Crippen molar-refractivity contribution in [1.29, 1.82) is 0 Å². The maximum atomic E-state index is 13.9. The van der Waals surface area contributed by atoms with Gasteiger partial charge in [-0.1, -0.05) is 36.2 Å². The monoisotopic (exact) mass is 315 g/mol. The second-order valence-electron chi connectivity index (χ2n) is 4.33.